The van der Waals surface area contributed by atoms with Crippen molar-refractivity contribution >= 4 is 23.4 Å². The maximum absolute atomic E-state index is 12.9. The van der Waals surface area contributed by atoms with Gasteiger partial charge in [0.2, 0.25) is 0 Å². The largest absolute Gasteiger partial charge is 0.368 e. The summed E-state index contributed by atoms with van der Waals surface area (Å²) in [6.07, 6.45) is 0. The zero-order valence-electron chi connectivity index (χ0n) is 14.4. The Morgan fingerprint density at radius 2 is 2.17 bits per heavy atom. The van der Waals surface area contributed by atoms with E-state index in [9.17, 15) is 4.79 Å². The predicted octanol–water partition coefficient (Wildman–Crippen LogP) is 4.13. The number of hydrogen-bond acceptors (Lipinski definition) is 5. The molecule has 6 heteroatoms. The summed E-state index contributed by atoms with van der Waals surface area (Å²) in [6, 6.07) is 9.72. The maximum atomic E-state index is 12.9. The van der Waals surface area contributed by atoms with Gasteiger partial charge in [-0.1, -0.05) is 17.3 Å². The van der Waals surface area contributed by atoms with Gasteiger partial charge in [-0.05, 0) is 39.8 Å². The highest BCUT2D eigenvalue weighted by Crippen LogP contribution is 2.37. The van der Waals surface area contributed by atoms with Crippen molar-refractivity contribution in [1.82, 2.24) is 5.16 Å². The molecule has 1 aliphatic heterocycles. The number of para-hydroxylation sites is 1. The van der Waals surface area contributed by atoms with Crippen LogP contribution in [0.15, 0.2) is 39.8 Å². The number of carbonyl (C=O) groups is 1. The van der Waals surface area contributed by atoms with Gasteiger partial charge in [0, 0.05) is 22.8 Å². The number of thioether (sulfide) groups is 1. The van der Waals surface area contributed by atoms with Crippen LogP contribution in [0.5, 0.6) is 0 Å². The molecule has 1 aromatic heterocycles. The second-order valence-electron chi connectivity index (χ2n) is 6.88. The lowest BCUT2D eigenvalue weighted by atomic mass is 10.2. The number of ether oxygens (including phenoxy) is 1. The van der Waals surface area contributed by atoms with E-state index in [1.54, 1.807) is 22.7 Å². The van der Waals surface area contributed by atoms with Gasteiger partial charge in [-0.2, -0.15) is 0 Å². The molecule has 0 saturated carbocycles. The van der Waals surface area contributed by atoms with Crippen molar-refractivity contribution in [3.8, 4) is 0 Å². The van der Waals surface area contributed by atoms with Crippen molar-refractivity contribution < 1.29 is 14.1 Å². The fourth-order valence-corrected chi connectivity index (χ4v) is 3.56. The average Bonchev–Trinajstić information content (AvgIpc) is 3.01. The fourth-order valence-electron chi connectivity index (χ4n) is 2.50. The van der Waals surface area contributed by atoms with Gasteiger partial charge in [0.1, 0.15) is 6.61 Å². The number of amides is 1. The van der Waals surface area contributed by atoms with Crippen LogP contribution < -0.4 is 4.90 Å². The maximum Gasteiger partial charge on any atom is 0.280 e. The minimum absolute atomic E-state index is 0.100. The summed E-state index contributed by atoms with van der Waals surface area (Å²) in [5, 5.41) is 3.95. The summed E-state index contributed by atoms with van der Waals surface area (Å²) in [5.74, 6) is 1.28. The third-order valence-corrected chi connectivity index (χ3v) is 5.00. The Morgan fingerprint density at radius 1 is 1.42 bits per heavy atom. The summed E-state index contributed by atoms with van der Waals surface area (Å²) in [6.45, 7) is 8.26. The number of nitrogens with zero attached hydrogens (tertiary/aromatic N) is 2. The van der Waals surface area contributed by atoms with Gasteiger partial charge in [0.05, 0.1) is 11.3 Å². The quantitative estimate of drug-likeness (QED) is 0.836. The molecule has 2 heterocycles. The molecule has 1 atom stereocenters. The first-order valence-electron chi connectivity index (χ1n) is 8.00. The van der Waals surface area contributed by atoms with Crippen LogP contribution in [0.2, 0.25) is 0 Å². The molecule has 1 amide bonds. The van der Waals surface area contributed by atoms with Gasteiger partial charge in [-0.15, -0.1) is 11.8 Å². The van der Waals surface area contributed by atoms with Crippen molar-refractivity contribution in [2.45, 2.75) is 50.8 Å². The van der Waals surface area contributed by atoms with E-state index in [4.69, 9.17) is 9.26 Å². The first kappa shape index (κ1) is 17.0. The van der Waals surface area contributed by atoms with E-state index in [1.165, 1.54) is 0 Å². The highest BCUT2D eigenvalue weighted by Gasteiger charge is 2.31. The zero-order chi connectivity index (χ0) is 17.3. The van der Waals surface area contributed by atoms with Crippen LogP contribution in [-0.2, 0) is 11.3 Å². The van der Waals surface area contributed by atoms with Crippen LogP contribution >= 0.6 is 11.8 Å². The highest BCUT2D eigenvalue weighted by atomic mass is 32.2. The Morgan fingerprint density at radius 3 is 2.92 bits per heavy atom. The van der Waals surface area contributed by atoms with Crippen LogP contribution in [-0.4, -0.2) is 28.5 Å². The number of carbonyl (C=O) groups excluding carboxylic acids is 1. The fraction of sp³-hybridized carbons (Fsp3) is 0.444. The third-order valence-electron chi connectivity index (χ3n) is 3.69. The topological polar surface area (TPSA) is 55.6 Å². The van der Waals surface area contributed by atoms with Gasteiger partial charge in [-0.3, -0.25) is 4.79 Å². The van der Waals surface area contributed by atoms with Gasteiger partial charge < -0.3 is 14.2 Å². The Labute approximate surface area is 146 Å². The molecule has 2 aromatic rings. The molecule has 5 nitrogen and oxygen atoms in total. The summed E-state index contributed by atoms with van der Waals surface area (Å²) in [7, 11) is 0. The predicted molar refractivity (Wildman–Crippen MR) is 94.5 cm³/mol. The molecule has 0 fully saturated rings. The van der Waals surface area contributed by atoms with E-state index in [-0.39, 0.29) is 17.6 Å². The van der Waals surface area contributed by atoms with E-state index < -0.39 is 0 Å². The van der Waals surface area contributed by atoms with Gasteiger partial charge in [0.15, 0.2) is 11.5 Å². The van der Waals surface area contributed by atoms with Crippen molar-refractivity contribution in [3.05, 3.63) is 41.8 Å². The SMILES string of the molecule is C[C@H]1CSc2ccccc2N1C(=O)c1cc(COC(C)(C)C)on1. The Hall–Kier alpha value is -1.79. The van der Waals surface area contributed by atoms with E-state index in [0.29, 0.717) is 18.1 Å². The number of fused-ring (bicyclic) bond motifs is 1. The lowest BCUT2D eigenvalue weighted by Crippen LogP contribution is -2.42. The third kappa shape index (κ3) is 3.65. The standard InChI is InChI=1S/C18H22N2O3S/c1-12-11-24-16-8-6-5-7-15(16)20(12)17(21)14-9-13(23-19-14)10-22-18(2,3)4/h5-9,12H,10-11H2,1-4H3/t12-/m0/s1. The van der Waals surface area contributed by atoms with Crippen molar-refractivity contribution in [1.29, 1.82) is 0 Å². The normalized spacial score (nSPS) is 17.7. The zero-order valence-corrected chi connectivity index (χ0v) is 15.2. The minimum Gasteiger partial charge on any atom is -0.368 e. The first-order valence-corrected chi connectivity index (χ1v) is 8.98. The molecule has 0 unspecified atom stereocenters. The van der Waals surface area contributed by atoms with Gasteiger partial charge in [-0.25, -0.2) is 0 Å². The molecule has 0 saturated heterocycles. The molecule has 128 valence electrons. The molecule has 0 spiro atoms. The molecular formula is C18H22N2O3S. The molecule has 0 aliphatic carbocycles. The van der Waals surface area contributed by atoms with E-state index in [0.717, 1.165) is 16.3 Å². The van der Waals surface area contributed by atoms with Crippen molar-refractivity contribution in [2.75, 3.05) is 10.7 Å². The number of aromatic nitrogens is 1. The van der Waals surface area contributed by atoms with Crippen LogP contribution in [0.25, 0.3) is 0 Å². The van der Waals surface area contributed by atoms with E-state index >= 15 is 0 Å². The summed E-state index contributed by atoms with van der Waals surface area (Å²) < 4.78 is 10.9. The lowest BCUT2D eigenvalue weighted by molar-refractivity contribution is -0.0241. The summed E-state index contributed by atoms with van der Waals surface area (Å²) >= 11 is 1.77. The molecule has 1 aromatic carbocycles. The van der Waals surface area contributed by atoms with Crippen molar-refractivity contribution in [2.24, 2.45) is 0 Å². The lowest BCUT2D eigenvalue weighted by Gasteiger charge is -2.34. The van der Waals surface area contributed by atoms with E-state index in [1.807, 2.05) is 52.0 Å². The number of hydrogen-bond donors (Lipinski definition) is 0. The van der Waals surface area contributed by atoms with Gasteiger partial charge in [0.25, 0.3) is 5.91 Å². The van der Waals surface area contributed by atoms with Crippen molar-refractivity contribution in [3.63, 3.8) is 0 Å². The number of anilines is 1. The molecule has 0 radical (unpaired) electrons. The summed E-state index contributed by atoms with van der Waals surface area (Å²) in [4.78, 5) is 15.9. The average molecular weight is 346 g/mol. The molecular weight excluding hydrogens is 324 g/mol. The molecule has 0 bridgehead atoms. The smallest absolute Gasteiger partial charge is 0.280 e. The Kier molecular flexibility index (Phi) is 4.69. The van der Waals surface area contributed by atoms with E-state index in [2.05, 4.69) is 5.16 Å². The number of rotatable bonds is 3. The minimum atomic E-state index is -0.269. The van der Waals surface area contributed by atoms with Crippen LogP contribution in [0, 0.1) is 0 Å². The molecule has 0 N–H and O–H groups in total. The number of benzene rings is 1. The van der Waals surface area contributed by atoms with Crippen LogP contribution in [0.3, 0.4) is 0 Å². The molecule has 24 heavy (non-hydrogen) atoms. The highest BCUT2D eigenvalue weighted by molar-refractivity contribution is 7.99. The molecule has 1 aliphatic rings. The Bertz CT molecular complexity index is 736. The monoisotopic (exact) mass is 346 g/mol. The van der Waals surface area contributed by atoms with Crippen LogP contribution in [0.1, 0.15) is 43.9 Å². The second-order valence-corrected chi connectivity index (χ2v) is 7.94. The molecule has 3 rings (SSSR count). The second kappa shape index (κ2) is 6.61. The van der Waals surface area contributed by atoms with Crippen LogP contribution in [0.4, 0.5) is 5.69 Å². The van der Waals surface area contributed by atoms with Gasteiger partial charge >= 0.3 is 0 Å². The summed E-state index contributed by atoms with van der Waals surface area (Å²) in [5.41, 5.74) is 0.979. The Balaban J connectivity index is 1.81. The first-order chi connectivity index (χ1) is 11.3.